The highest BCUT2D eigenvalue weighted by atomic mass is 32.2. The Morgan fingerprint density at radius 3 is 2.94 bits per heavy atom. The van der Waals surface area contributed by atoms with Crippen LogP contribution < -0.4 is 5.32 Å². The fourth-order valence-corrected chi connectivity index (χ4v) is 3.96. The van der Waals surface area contributed by atoms with Gasteiger partial charge < -0.3 is 5.32 Å². The second-order valence-electron chi connectivity index (χ2n) is 4.20. The summed E-state index contributed by atoms with van der Waals surface area (Å²) in [6.07, 6.45) is 1.20. The minimum absolute atomic E-state index is 0.648. The van der Waals surface area contributed by atoms with Crippen molar-refractivity contribution in [1.29, 1.82) is 0 Å². The van der Waals surface area contributed by atoms with E-state index in [0.717, 1.165) is 13.1 Å². The average molecular weight is 259 g/mol. The van der Waals surface area contributed by atoms with Crippen LogP contribution in [0.5, 0.6) is 0 Å². The Morgan fingerprint density at radius 2 is 2.25 bits per heavy atom. The number of amidine groups is 1. The average Bonchev–Trinajstić information content (AvgIpc) is 2.78. The molecule has 5 heteroatoms. The van der Waals surface area contributed by atoms with Crippen molar-refractivity contribution in [3.8, 4) is 0 Å². The number of thioether (sulfide) groups is 2. The van der Waals surface area contributed by atoms with E-state index in [1.807, 2.05) is 11.8 Å². The van der Waals surface area contributed by atoms with Crippen LogP contribution in [-0.2, 0) is 0 Å². The molecule has 0 bridgehead atoms. The van der Waals surface area contributed by atoms with Gasteiger partial charge in [-0.1, -0.05) is 18.7 Å². The number of nitrogens with zero attached hydrogens (tertiary/aromatic N) is 2. The zero-order valence-corrected chi connectivity index (χ0v) is 11.6. The van der Waals surface area contributed by atoms with E-state index in [2.05, 4.69) is 33.9 Å². The maximum absolute atomic E-state index is 4.64. The Labute approximate surface area is 107 Å². The standard InChI is InChI=1S/C11H21N3S2/c1-2-10-9-16-11(13-10)12-3-4-14-5-7-15-8-6-14/h10H,2-9H2,1H3,(H,12,13). The van der Waals surface area contributed by atoms with Gasteiger partial charge in [-0.05, 0) is 6.42 Å². The van der Waals surface area contributed by atoms with Crippen molar-refractivity contribution in [3.63, 3.8) is 0 Å². The first-order valence-corrected chi connectivity index (χ1v) is 8.26. The normalized spacial score (nSPS) is 29.6. The van der Waals surface area contributed by atoms with Crippen LogP contribution in [0.3, 0.4) is 0 Å². The summed E-state index contributed by atoms with van der Waals surface area (Å²) in [4.78, 5) is 7.16. The minimum Gasteiger partial charge on any atom is -0.361 e. The lowest BCUT2D eigenvalue weighted by atomic mass is 10.3. The third-order valence-corrected chi connectivity index (χ3v) is 5.05. The maximum Gasteiger partial charge on any atom is 0.156 e. The van der Waals surface area contributed by atoms with Gasteiger partial charge in [-0.3, -0.25) is 9.89 Å². The van der Waals surface area contributed by atoms with Crippen LogP contribution in [0.1, 0.15) is 13.3 Å². The molecule has 0 aromatic carbocycles. The van der Waals surface area contributed by atoms with Crippen LogP contribution in [0, 0.1) is 0 Å². The van der Waals surface area contributed by atoms with E-state index >= 15 is 0 Å². The molecule has 2 rings (SSSR count). The summed E-state index contributed by atoms with van der Waals surface area (Å²) < 4.78 is 0. The van der Waals surface area contributed by atoms with Crippen LogP contribution in [0.2, 0.25) is 0 Å². The van der Waals surface area contributed by atoms with Crippen molar-refractivity contribution in [2.75, 3.05) is 43.4 Å². The lowest BCUT2D eigenvalue weighted by Crippen LogP contribution is -2.34. The quantitative estimate of drug-likeness (QED) is 0.828. The Kier molecular flexibility index (Phi) is 5.32. The number of nitrogens with one attached hydrogen (secondary N) is 1. The van der Waals surface area contributed by atoms with E-state index in [1.54, 1.807) is 0 Å². The highest BCUT2D eigenvalue weighted by Crippen LogP contribution is 2.15. The van der Waals surface area contributed by atoms with Crippen molar-refractivity contribution in [3.05, 3.63) is 0 Å². The molecule has 0 aromatic rings. The number of hydrogen-bond acceptors (Lipinski definition) is 4. The fourth-order valence-electron chi connectivity index (χ4n) is 1.87. The smallest absolute Gasteiger partial charge is 0.156 e. The predicted octanol–water partition coefficient (Wildman–Crippen LogP) is 1.51. The monoisotopic (exact) mass is 259 g/mol. The van der Waals surface area contributed by atoms with Crippen molar-refractivity contribution in [2.45, 2.75) is 19.4 Å². The molecule has 0 amide bonds. The highest BCUT2D eigenvalue weighted by molar-refractivity contribution is 8.14. The summed E-state index contributed by atoms with van der Waals surface area (Å²) in [6.45, 7) is 6.80. The van der Waals surface area contributed by atoms with Gasteiger partial charge in [-0.25, -0.2) is 0 Å². The van der Waals surface area contributed by atoms with Crippen LogP contribution in [0.25, 0.3) is 0 Å². The van der Waals surface area contributed by atoms with Gasteiger partial charge in [-0.2, -0.15) is 11.8 Å². The molecule has 0 aromatic heterocycles. The summed E-state index contributed by atoms with van der Waals surface area (Å²) >= 11 is 3.94. The van der Waals surface area contributed by atoms with Crippen molar-refractivity contribution < 1.29 is 0 Å². The minimum atomic E-state index is 0.648. The van der Waals surface area contributed by atoms with Gasteiger partial charge in [0.25, 0.3) is 0 Å². The van der Waals surface area contributed by atoms with Crippen LogP contribution in [0.4, 0.5) is 0 Å². The molecule has 3 nitrogen and oxygen atoms in total. The van der Waals surface area contributed by atoms with E-state index < -0.39 is 0 Å². The van der Waals surface area contributed by atoms with E-state index in [9.17, 15) is 0 Å². The predicted molar refractivity (Wildman–Crippen MR) is 75.7 cm³/mol. The molecule has 2 fully saturated rings. The summed E-state index contributed by atoms with van der Waals surface area (Å²) in [5, 5.41) is 4.63. The fraction of sp³-hybridized carbons (Fsp3) is 0.909. The summed E-state index contributed by atoms with van der Waals surface area (Å²) in [5.41, 5.74) is 0. The van der Waals surface area contributed by atoms with Crippen LogP contribution in [-0.4, -0.2) is 59.5 Å². The molecule has 0 aliphatic carbocycles. The van der Waals surface area contributed by atoms with Gasteiger partial charge >= 0.3 is 0 Å². The molecule has 16 heavy (non-hydrogen) atoms. The molecule has 2 saturated heterocycles. The largest absolute Gasteiger partial charge is 0.361 e. The molecule has 2 aliphatic rings. The summed E-state index contributed by atoms with van der Waals surface area (Å²) in [7, 11) is 0. The van der Waals surface area contributed by atoms with Crippen molar-refractivity contribution in [2.24, 2.45) is 4.99 Å². The number of aliphatic imine (C=N–C) groups is 1. The zero-order chi connectivity index (χ0) is 11.2. The van der Waals surface area contributed by atoms with Gasteiger partial charge in [0.15, 0.2) is 5.17 Å². The number of rotatable bonds is 4. The molecular formula is C11H21N3S2. The lowest BCUT2D eigenvalue weighted by Gasteiger charge is -2.25. The first-order chi connectivity index (χ1) is 7.88. The SMILES string of the molecule is CCC1CSC(=NCCN2CCSCC2)N1. The third-order valence-electron chi connectivity index (χ3n) is 3.02. The van der Waals surface area contributed by atoms with Gasteiger partial charge in [0.1, 0.15) is 0 Å². The topological polar surface area (TPSA) is 27.6 Å². The summed E-state index contributed by atoms with van der Waals surface area (Å²) in [6, 6.07) is 0.648. The molecule has 0 saturated carbocycles. The second kappa shape index (κ2) is 6.77. The molecule has 92 valence electrons. The molecule has 1 N–H and O–H groups in total. The van der Waals surface area contributed by atoms with E-state index in [-0.39, 0.29) is 0 Å². The van der Waals surface area contributed by atoms with Crippen molar-refractivity contribution in [1.82, 2.24) is 10.2 Å². The van der Waals surface area contributed by atoms with E-state index in [1.165, 1.54) is 41.9 Å². The number of hydrogen-bond donors (Lipinski definition) is 1. The van der Waals surface area contributed by atoms with Crippen molar-refractivity contribution >= 4 is 28.7 Å². The van der Waals surface area contributed by atoms with E-state index in [4.69, 9.17) is 0 Å². The zero-order valence-electron chi connectivity index (χ0n) is 9.95. The molecule has 2 aliphatic heterocycles. The Hall–Kier alpha value is 0.130. The Morgan fingerprint density at radius 1 is 1.44 bits per heavy atom. The first-order valence-electron chi connectivity index (χ1n) is 6.12. The summed E-state index contributed by atoms with van der Waals surface area (Å²) in [5.74, 6) is 3.78. The van der Waals surface area contributed by atoms with Crippen LogP contribution in [0.15, 0.2) is 4.99 Å². The van der Waals surface area contributed by atoms with Gasteiger partial charge in [0, 0.05) is 42.9 Å². The maximum atomic E-state index is 4.64. The highest BCUT2D eigenvalue weighted by Gasteiger charge is 2.17. The van der Waals surface area contributed by atoms with Gasteiger partial charge in [0.2, 0.25) is 0 Å². The van der Waals surface area contributed by atoms with E-state index in [0.29, 0.717) is 6.04 Å². The molecule has 2 heterocycles. The lowest BCUT2D eigenvalue weighted by molar-refractivity contribution is 0.311. The molecule has 1 unspecified atom stereocenters. The molecule has 0 spiro atoms. The Bertz CT molecular complexity index is 239. The second-order valence-corrected chi connectivity index (χ2v) is 6.43. The first kappa shape index (κ1) is 12.6. The molecular weight excluding hydrogens is 238 g/mol. The van der Waals surface area contributed by atoms with Gasteiger partial charge in [-0.15, -0.1) is 0 Å². The van der Waals surface area contributed by atoms with Crippen LogP contribution >= 0.6 is 23.5 Å². The molecule has 0 radical (unpaired) electrons. The third kappa shape index (κ3) is 3.86. The molecule has 1 atom stereocenters. The Balaban J connectivity index is 1.65. The van der Waals surface area contributed by atoms with Gasteiger partial charge in [0.05, 0.1) is 6.54 Å².